The molecule has 1 aromatic rings. The highest BCUT2D eigenvalue weighted by molar-refractivity contribution is 7.79. The summed E-state index contributed by atoms with van der Waals surface area (Å²) in [6, 6.07) is 6.30. The van der Waals surface area contributed by atoms with Gasteiger partial charge in [-0.3, -0.25) is 0 Å². The minimum atomic E-state index is 1.13. The first kappa shape index (κ1) is 9.40. The molecule has 0 aliphatic heterocycles. The van der Waals surface area contributed by atoms with Gasteiger partial charge in [-0.05, 0) is 30.0 Å². The maximum atomic E-state index is 4.95. The molecule has 64 valence electrons. The van der Waals surface area contributed by atoms with Gasteiger partial charge < -0.3 is 0 Å². The lowest BCUT2D eigenvalue weighted by molar-refractivity contribution is 0.911. The minimum Gasteiger partial charge on any atom is -0.0881 e. The molecule has 0 N–H and O–H groups in total. The van der Waals surface area contributed by atoms with Crippen molar-refractivity contribution in [2.75, 3.05) is 0 Å². The van der Waals surface area contributed by atoms with E-state index < -0.39 is 0 Å². The van der Waals surface area contributed by atoms with Gasteiger partial charge in [0.15, 0.2) is 0 Å². The van der Waals surface area contributed by atoms with E-state index in [2.05, 4.69) is 32.0 Å². The molecule has 0 spiro atoms. The first-order valence-corrected chi connectivity index (χ1v) is 4.80. The normalized spacial score (nSPS) is 9.83. The van der Waals surface area contributed by atoms with Gasteiger partial charge in [-0.2, -0.15) is 0 Å². The molecular formula is C11H14S. The van der Waals surface area contributed by atoms with Crippen LogP contribution in [0.4, 0.5) is 0 Å². The van der Waals surface area contributed by atoms with E-state index in [0.717, 1.165) is 6.42 Å². The van der Waals surface area contributed by atoms with Crippen molar-refractivity contribution in [1.82, 2.24) is 0 Å². The Balaban J connectivity index is 3.10. The fourth-order valence-corrected chi connectivity index (χ4v) is 1.65. The predicted molar refractivity (Wildman–Crippen MR) is 57.9 cm³/mol. The third-order valence-corrected chi connectivity index (χ3v) is 2.33. The van der Waals surface area contributed by atoms with Crippen LogP contribution in [0.25, 0.3) is 0 Å². The second-order valence-electron chi connectivity index (χ2n) is 3.01. The summed E-state index contributed by atoms with van der Waals surface area (Å²) in [6.45, 7) is 4.34. The molecule has 0 aliphatic rings. The summed E-state index contributed by atoms with van der Waals surface area (Å²) in [4.78, 5) is 0. The van der Waals surface area contributed by atoms with E-state index in [1.54, 1.807) is 5.37 Å². The average Bonchev–Trinajstić information content (AvgIpc) is 2.09. The van der Waals surface area contributed by atoms with Crippen molar-refractivity contribution in [3.05, 3.63) is 34.9 Å². The van der Waals surface area contributed by atoms with Crippen molar-refractivity contribution < 1.29 is 0 Å². The molecule has 1 rings (SSSR count). The Labute approximate surface area is 79.6 Å². The van der Waals surface area contributed by atoms with Crippen LogP contribution in [-0.4, -0.2) is 5.37 Å². The number of aryl methyl sites for hydroxylation is 1. The maximum absolute atomic E-state index is 4.95. The Morgan fingerprint density at radius 3 is 2.75 bits per heavy atom. The van der Waals surface area contributed by atoms with E-state index in [0.29, 0.717) is 0 Å². The van der Waals surface area contributed by atoms with Crippen LogP contribution in [0.3, 0.4) is 0 Å². The van der Waals surface area contributed by atoms with Crippen molar-refractivity contribution >= 4 is 17.6 Å². The molecule has 1 heteroatoms. The Kier molecular flexibility index (Phi) is 3.42. The van der Waals surface area contributed by atoms with Gasteiger partial charge in [0.1, 0.15) is 0 Å². The summed E-state index contributed by atoms with van der Waals surface area (Å²) < 4.78 is 0. The Morgan fingerprint density at radius 2 is 2.17 bits per heavy atom. The van der Waals surface area contributed by atoms with Crippen LogP contribution in [0.1, 0.15) is 30.0 Å². The summed E-state index contributed by atoms with van der Waals surface area (Å²) in [5.74, 6) is 0. The van der Waals surface area contributed by atoms with Crippen LogP contribution in [0.2, 0.25) is 0 Å². The number of thiocarbonyl (C=S) groups is 1. The molecule has 0 aromatic heterocycles. The quantitative estimate of drug-likeness (QED) is 0.640. The van der Waals surface area contributed by atoms with E-state index in [1.807, 2.05) is 0 Å². The highest BCUT2D eigenvalue weighted by Gasteiger charge is 2.00. The highest BCUT2D eigenvalue weighted by Crippen LogP contribution is 2.14. The molecule has 0 aliphatic carbocycles. The summed E-state index contributed by atoms with van der Waals surface area (Å²) in [5.41, 5.74) is 3.98. The Morgan fingerprint density at radius 1 is 1.42 bits per heavy atom. The zero-order chi connectivity index (χ0) is 8.97. The van der Waals surface area contributed by atoms with Gasteiger partial charge in [0.05, 0.1) is 0 Å². The minimum absolute atomic E-state index is 1.13. The van der Waals surface area contributed by atoms with Crippen LogP contribution in [0.15, 0.2) is 18.2 Å². The van der Waals surface area contributed by atoms with E-state index >= 15 is 0 Å². The molecule has 1 aromatic carbocycles. The van der Waals surface area contributed by atoms with E-state index in [-0.39, 0.29) is 0 Å². The summed E-state index contributed by atoms with van der Waals surface area (Å²) in [5, 5.41) is 1.78. The SMILES string of the molecule is CCCc1c(C)cccc1C=S. The van der Waals surface area contributed by atoms with Gasteiger partial charge >= 0.3 is 0 Å². The molecule has 0 heterocycles. The standard InChI is InChI=1S/C11H14S/c1-3-5-11-9(2)6-4-7-10(11)8-12/h4,6-8H,3,5H2,1-2H3. The topological polar surface area (TPSA) is 0 Å². The smallest absolute Gasteiger partial charge is 0.00889 e. The van der Waals surface area contributed by atoms with Crippen molar-refractivity contribution in [3.8, 4) is 0 Å². The first-order chi connectivity index (χ1) is 5.79. The maximum Gasteiger partial charge on any atom is 0.00889 e. The summed E-state index contributed by atoms with van der Waals surface area (Å²) >= 11 is 4.95. The second-order valence-corrected chi connectivity index (χ2v) is 3.25. The molecule has 0 bridgehead atoms. The van der Waals surface area contributed by atoms with Gasteiger partial charge in [-0.25, -0.2) is 0 Å². The number of benzene rings is 1. The Hall–Kier alpha value is -0.690. The van der Waals surface area contributed by atoms with E-state index in [4.69, 9.17) is 12.2 Å². The zero-order valence-corrected chi connectivity index (χ0v) is 8.45. The lowest BCUT2D eigenvalue weighted by Crippen LogP contribution is -1.94. The molecule has 0 amide bonds. The second kappa shape index (κ2) is 4.36. The lowest BCUT2D eigenvalue weighted by atomic mass is 9.99. The van der Waals surface area contributed by atoms with Crippen LogP contribution in [-0.2, 0) is 6.42 Å². The first-order valence-electron chi connectivity index (χ1n) is 4.33. The average molecular weight is 178 g/mol. The third kappa shape index (κ3) is 1.92. The summed E-state index contributed by atoms with van der Waals surface area (Å²) in [7, 11) is 0. The van der Waals surface area contributed by atoms with Gasteiger partial charge in [0.25, 0.3) is 0 Å². The fourth-order valence-electron chi connectivity index (χ4n) is 1.43. The molecule has 12 heavy (non-hydrogen) atoms. The summed E-state index contributed by atoms with van der Waals surface area (Å²) in [6.07, 6.45) is 2.32. The largest absolute Gasteiger partial charge is 0.0881 e. The van der Waals surface area contributed by atoms with Crippen molar-refractivity contribution in [1.29, 1.82) is 0 Å². The van der Waals surface area contributed by atoms with Gasteiger partial charge in [-0.1, -0.05) is 43.8 Å². The van der Waals surface area contributed by atoms with Crippen LogP contribution in [0, 0.1) is 6.92 Å². The van der Waals surface area contributed by atoms with Gasteiger partial charge in [0, 0.05) is 5.37 Å². The van der Waals surface area contributed by atoms with E-state index in [1.165, 1.54) is 23.1 Å². The van der Waals surface area contributed by atoms with Crippen LogP contribution in [0.5, 0.6) is 0 Å². The van der Waals surface area contributed by atoms with Crippen molar-refractivity contribution in [2.24, 2.45) is 0 Å². The monoisotopic (exact) mass is 178 g/mol. The molecule has 0 saturated carbocycles. The molecular weight excluding hydrogens is 164 g/mol. The van der Waals surface area contributed by atoms with Gasteiger partial charge in [0.2, 0.25) is 0 Å². The highest BCUT2D eigenvalue weighted by atomic mass is 32.1. The lowest BCUT2D eigenvalue weighted by Gasteiger charge is -2.07. The van der Waals surface area contributed by atoms with Crippen molar-refractivity contribution in [3.63, 3.8) is 0 Å². The molecule has 0 radical (unpaired) electrons. The van der Waals surface area contributed by atoms with Crippen LogP contribution < -0.4 is 0 Å². The molecule has 0 unspecified atom stereocenters. The molecule has 0 atom stereocenters. The molecule has 0 fully saturated rings. The predicted octanol–water partition coefficient (Wildman–Crippen LogP) is 3.30. The molecule has 0 saturated heterocycles. The van der Waals surface area contributed by atoms with Crippen molar-refractivity contribution in [2.45, 2.75) is 26.7 Å². The number of hydrogen-bond donors (Lipinski definition) is 0. The number of rotatable bonds is 3. The number of hydrogen-bond acceptors (Lipinski definition) is 1. The zero-order valence-electron chi connectivity index (χ0n) is 7.63. The van der Waals surface area contributed by atoms with E-state index in [9.17, 15) is 0 Å². The van der Waals surface area contributed by atoms with Crippen LogP contribution >= 0.6 is 12.2 Å². The molecule has 0 nitrogen and oxygen atoms in total. The fraction of sp³-hybridized carbons (Fsp3) is 0.364. The Bertz CT molecular complexity index is 276. The van der Waals surface area contributed by atoms with Gasteiger partial charge in [-0.15, -0.1) is 0 Å². The third-order valence-electron chi connectivity index (χ3n) is 2.07.